The zero-order valence-electron chi connectivity index (χ0n) is 18.4. The highest BCUT2D eigenvalue weighted by atomic mass is 19.3. The molecule has 0 bridgehead atoms. The van der Waals surface area contributed by atoms with E-state index in [0.29, 0.717) is 0 Å². The molecule has 2 unspecified atom stereocenters. The summed E-state index contributed by atoms with van der Waals surface area (Å²) < 4.78 is 45.2. The molecule has 14 heteroatoms. The Hall–Kier alpha value is -3.55. The van der Waals surface area contributed by atoms with Crippen LogP contribution >= 0.6 is 0 Å². The number of rotatable bonds is 7. The molecule has 1 spiro atoms. The van der Waals surface area contributed by atoms with Crippen molar-refractivity contribution in [3.63, 3.8) is 0 Å². The van der Waals surface area contributed by atoms with Gasteiger partial charge < -0.3 is 20.1 Å². The van der Waals surface area contributed by atoms with Gasteiger partial charge in [0.2, 0.25) is 5.91 Å². The van der Waals surface area contributed by atoms with Crippen LogP contribution in [0.2, 0.25) is 0 Å². The molecule has 2 aliphatic heterocycles. The molecule has 190 valence electrons. The smallest absolute Gasteiger partial charge is 0.415 e. The molecule has 2 heterocycles. The van der Waals surface area contributed by atoms with Crippen LogP contribution in [0.4, 0.5) is 29.3 Å². The maximum Gasteiger partial charge on any atom is 0.415 e. The van der Waals surface area contributed by atoms with Gasteiger partial charge in [0.25, 0.3) is 5.91 Å². The van der Waals surface area contributed by atoms with Crippen LogP contribution in [0.25, 0.3) is 0 Å². The van der Waals surface area contributed by atoms with Crippen molar-refractivity contribution in [2.75, 3.05) is 42.6 Å². The summed E-state index contributed by atoms with van der Waals surface area (Å²) in [6.07, 6.45) is -4.30. The van der Waals surface area contributed by atoms with Crippen molar-refractivity contribution in [2.24, 2.45) is 0 Å². The monoisotopic (exact) mass is 500 g/mol. The van der Waals surface area contributed by atoms with Crippen molar-refractivity contribution in [1.29, 1.82) is 0 Å². The lowest BCUT2D eigenvalue weighted by Crippen LogP contribution is -2.37. The van der Waals surface area contributed by atoms with E-state index in [0.717, 1.165) is 11.1 Å². The third-order valence-corrected chi connectivity index (χ3v) is 6.07. The van der Waals surface area contributed by atoms with Crippen molar-refractivity contribution in [3.05, 3.63) is 24.0 Å². The molecule has 35 heavy (non-hydrogen) atoms. The fourth-order valence-electron chi connectivity index (χ4n) is 4.13. The van der Waals surface area contributed by atoms with Crippen LogP contribution in [0, 0.1) is 5.82 Å². The third kappa shape index (κ3) is 5.26. The first-order valence-corrected chi connectivity index (χ1v) is 10.9. The SMILES string of the molecule is O=C(O)CCC(=O)N1CCN(c2ccc(N3CC4(CC4NC(=O)C(F)F)OC3=O)cc2F)CCO1. The second-order valence-electron chi connectivity index (χ2n) is 8.43. The Labute approximate surface area is 197 Å². The highest BCUT2D eigenvalue weighted by Crippen LogP contribution is 2.46. The van der Waals surface area contributed by atoms with Crippen molar-refractivity contribution >= 4 is 35.3 Å². The van der Waals surface area contributed by atoms with Crippen LogP contribution in [0.15, 0.2) is 18.2 Å². The largest absolute Gasteiger partial charge is 0.481 e. The van der Waals surface area contributed by atoms with Gasteiger partial charge in [-0.25, -0.2) is 14.2 Å². The predicted octanol–water partition coefficient (Wildman–Crippen LogP) is 1.12. The minimum absolute atomic E-state index is 0.0240. The molecule has 11 nitrogen and oxygen atoms in total. The first-order chi connectivity index (χ1) is 16.6. The Kier molecular flexibility index (Phi) is 6.74. The molecule has 1 saturated carbocycles. The van der Waals surface area contributed by atoms with E-state index in [1.54, 1.807) is 4.90 Å². The first kappa shape index (κ1) is 24.6. The van der Waals surface area contributed by atoms with Gasteiger partial charge in [0.05, 0.1) is 43.5 Å². The Morgan fingerprint density at radius 3 is 2.66 bits per heavy atom. The highest BCUT2D eigenvalue weighted by Gasteiger charge is 2.64. The number of amides is 3. The van der Waals surface area contributed by atoms with Gasteiger partial charge in [-0.05, 0) is 18.2 Å². The van der Waals surface area contributed by atoms with Crippen molar-refractivity contribution in [3.8, 4) is 0 Å². The summed E-state index contributed by atoms with van der Waals surface area (Å²) in [7, 11) is 0. The number of alkyl halides is 2. The minimum Gasteiger partial charge on any atom is -0.481 e. The predicted molar refractivity (Wildman–Crippen MR) is 112 cm³/mol. The van der Waals surface area contributed by atoms with Gasteiger partial charge in [0, 0.05) is 25.9 Å². The maximum atomic E-state index is 15.0. The lowest BCUT2D eigenvalue weighted by molar-refractivity contribution is -0.182. The Bertz CT molecular complexity index is 1040. The Balaban J connectivity index is 1.38. The van der Waals surface area contributed by atoms with Crippen LogP contribution in [0.1, 0.15) is 19.3 Å². The van der Waals surface area contributed by atoms with Gasteiger partial charge >= 0.3 is 18.5 Å². The van der Waals surface area contributed by atoms with E-state index in [1.165, 1.54) is 17.0 Å². The highest BCUT2D eigenvalue weighted by molar-refractivity contribution is 5.91. The molecular weight excluding hydrogens is 477 g/mol. The second-order valence-corrected chi connectivity index (χ2v) is 8.43. The molecule has 3 amide bonds. The Morgan fingerprint density at radius 1 is 1.20 bits per heavy atom. The molecule has 0 radical (unpaired) electrons. The number of nitrogens with zero attached hydrogens (tertiary/aromatic N) is 3. The molecule has 1 aromatic rings. The van der Waals surface area contributed by atoms with Crippen LogP contribution in [0.5, 0.6) is 0 Å². The average molecular weight is 500 g/mol. The molecule has 1 aliphatic carbocycles. The van der Waals surface area contributed by atoms with Crippen LogP contribution in [-0.2, 0) is 24.0 Å². The summed E-state index contributed by atoms with van der Waals surface area (Å²) in [6, 6.07) is 3.38. The van der Waals surface area contributed by atoms with E-state index < -0.39 is 47.8 Å². The molecule has 2 saturated heterocycles. The molecule has 2 atom stereocenters. The van der Waals surface area contributed by atoms with Crippen LogP contribution in [0.3, 0.4) is 0 Å². The molecule has 3 aliphatic rings. The summed E-state index contributed by atoms with van der Waals surface area (Å²) >= 11 is 0. The number of carboxylic acid groups (broad SMARTS) is 1. The summed E-state index contributed by atoms with van der Waals surface area (Å²) in [4.78, 5) is 54.5. The molecular formula is C21H23F3N4O7. The van der Waals surface area contributed by atoms with Gasteiger partial charge in [-0.3, -0.25) is 24.1 Å². The van der Waals surface area contributed by atoms with Gasteiger partial charge in [-0.2, -0.15) is 8.78 Å². The average Bonchev–Trinajstić information content (AvgIpc) is 3.43. The zero-order chi connectivity index (χ0) is 25.3. The van der Waals surface area contributed by atoms with Crippen molar-refractivity contribution in [2.45, 2.75) is 37.3 Å². The number of anilines is 2. The number of ether oxygens (including phenoxy) is 1. The number of nitrogens with one attached hydrogen (secondary N) is 1. The number of hydroxylamine groups is 2. The molecule has 4 rings (SSSR count). The van der Waals surface area contributed by atoms with Gasteiger partial charge in [0.15, 0.2) is 5.60 Å². The molecule has 3 fully saturated rings. The van der Waals surface area contributed by atoms with Gasteiger partial charge in [-0.15, -0.1) is 0 Å². The van der Waals surface area contributed by atoms with Gasteiger partial charge in [0.1, 0.15) is 5.82 Å². The van der Waals surface area contributed by atoms with Gasteiger partial charge in [-0.1, -0.05) is 0 Å². The lowest BCUT2D eigenvalue weighted by atomic mass is 10.2. The number of carbonyl (C=O) groups excluding carboxylic acids is 3. The number of hydrogen-bond donors (Lipinski definition) is 2. The fourth-order valence-corrected chi connectivity index (χ4v) is 4.13. The second kappa shape index (κ2) is 9.60. The summed E-state index contributed by atoms with van der Waals surface area (Å²) in [6.45, 7) is 0.650. The summed E-state index contributed by atoms with van der Waals surface area (Å²) in [5.74, 6) is -3.66. The van der Waals surface area contributed by atoms with E-state index in [4.69, 9.17) is 14.7 Å². The number of hydrogen-bond acceptors (Lipinski definition) is 7. The molecule has 1 aromatic carbocycles. The van der Waals surface area contributed by atoms with Crippen molar-refractivity contribution in [1.82, 2.24) is 10.4 Å². The normalized spacial score (nSPS) is 23.9. The number of aliphatic carboxylic acids is 1. The number of benzene rings is 1. The fraction of sp³-hybridized carbons (Fsp3) is 0.524. The zero-order valence-corrected chi connectivity index (χ0v) is 18.4. The lowest BCUT2D eigenvalue weighted by Gasteiger charge is -2.24. The number of carbonyl (C=O) groups is 4. The van der Waals surface area contributed by atoms with E-state index in [-0.39, 0.29) is 63.4 Å². The van der Waals surface area contributed by atoms with E-state index in [1.807, 2.05) is 0 Å². The van der Waals surface area contributed by atoms with Crippen molar-refractivity contribution < 1.29 is 47.0 Å². The third-order valence-electron chi connectivity index (χ3n) is 6.07. The van der Waals surface area contributed by atoms with E-state index in [2.05, 4.69) is 5.32 Å². The summed E-state index contributed by atoms with van der Waals surface area (Å²) in [5.41, 5.74) is -0.696. The maximum absolute atomic E-state index is 15.0. The number of halogens is 3. The Morgan fingerprint density at radius 2 is 1.97 bits per heavy atom. The molecule has 2 N–H and O–H groups in total. The van der Waals surface area contributed by atoms with Crippen LogP contribution < -0.4 is 15.1 Å². The van der Waals surface area contributed by atoms with E-state index >= 15 is 4.39 Å². The minimum atomic E-state index is -3.18. The van der Waals surface area contributed by atoms with Crippen LogP contribution in [-0.4, -0.2) is 84.9 Å². The molecule has 0 aromatic heterocycles. The first-order valence-electron chi connectivity index (χ1n) is 10.9. The number of carboxylic acids is 1. The topological polar surface area (TPSA) is 129 Å². The van der Waals surface area contributed by atoms with E-state index in [9.17, 15) is 28.0 Å². The standard InChI is InChI=1S/C21H23F3N4O7/c22-13-9-12(27-11-21(35-20(27)33)10-15(21)25-19(32)18(23)24)1-2-14(13)26-5-6-28(34-8-7-26)16(29)3-4-17(30)31/h1-2,9,15,18H,3-8,10-11H2,(H,25,32)(H,30,31). The summed E-state index contributed by atoms with van der Waals surface area (Å²) in [5, 5.41) is 11.9. The quantitative estimate of drug-likeness (QED) is 0.570.